The van der Waals surface area contributed by atoms with E-state index in [1.165, 1.54) is 26.2 Å². The van der Waals surface area contributed by atoms with Gasteiger partial charge in [0.1, 0.15) is 0 Å². The molecule has 3 aromatic rings. The van der Waals surface area contributed by atoms with Crippen LogP contribution >= 0.6 is 23.8 Å². The van der Waals surface area contributed by atoms with Crippen LogP contribution in [0.4, 0.5) is 5.69 Å². The van der Waals surface area contributed by atoms with Crippen molar-refractivity contribution >= 4 is 56.0 Å². The molecule has 0 amide bonds. The Hall–Kier alpha value is -2.82. The maximum Gasteiger partial charge on any atom is 0.288 e. The van der Waals surface area contributed by atoms with Gasteiger partial charge in [-0.1, -0.05) is 29.9 Å². The number of anilines is 1. The zero-order valence-corrected chi connectivity index (χ0v) is 21.2. The van der Waals surface area contributed by atoms with Gasteiger partial charge in [-0.05, 0) is 55.0 Å². The fraction of sp³-hybridized carbons (Fsp3) is 0.167. The van der Waals surface area contributed by atoms with Crippen LogP contribution in [0, 0.1) is 6.92 Å². The van der Waals surface area contributed by atoms with Crippen LogP contribution < -0.4 is 9.88 Å². The Kier molecular flexibility index (Phi) is 8.06. The normalized spacial score (nSPS) is 12.4. The smallest absolute Gasteiger partial charge is 0.288 e. The number of thiocarbonyl (C=S) groups is 1. The third-order valence-electron chi connectivity index (χ3n) is 5.10. The third-order valence-corrected chi connectivity index (χ3v) is 7.45. The zero-order valence-electron chi connectivity index (χ0n) is 18.9. The molecule has 1 heterocycles. The predicted molar refractivity (Wildman–Crippen MR) is 138 cm³/mol. The van der Waals surface area contributed by atoms with Crippen LogP contribution in [0.3, 0.4) is 0 Å². The average Bonchev–Trinajstić information content (AvgIpc) is 2.81. The minimum atomic E-state index is -3.65. The van der Waals surface area contributed by atoms with Crippen LogP contribution in [0.5, 0.6) is 0 Å². The van der Waals surface area contributed by atoms with Crippen molar-refractivity contribution in [2.75, 3.05) is 19.4 Å². The fourth-order valence-corrected chi connectivity index (χ4v) is 4.50. The lowest BCUT2D eigenvalue weighted by Crippen LogP contribution is -2.39. The summed E-state index contributed by atoms with van der Waals surface area (Å²) in [5.41, 5.74) is 2.58. The number of halogens is 1. The number of pyridine rings is 1. The molecule has 0 radical (unpaired) electrons. The largest absolute Gasteiger partial charge is 0.502 e. The number of aromatic nitrogens is 1. The van der Waals surface area contributed by atoms with Crippen molar-refractivity contribution < 1.29 is 23.2 Å². The Balaban J connectivity index is 2.12. The molecule has 0 atom stereocenters. The number of aliphatic hydroxyl groups is 2. The number of aryl methyl sites for hydroxylation is 1. The molecule has 0 bridgehead atoms. The topological polar surface area (TPSA) is 93.8 Å². The van der Waals surface area contributed by atoms with Gasteiger partial charge >= 0.3 is 0 Å². The summed E-state index contributed by atoms with van der Waals surface area (Å²) in [5.74, 6) is -0.121. The summed E-state index contributed by atoms with van der Waals surface area (Å²) < 4.78 is 27.9. The Morgan fingerprint density at radius 1 is 1.15 bits per heavy atom. The molecule has 0 saturated carbocycles. The quantitative estimate of drug-likeness (QED) is 0.189. The third kappa shape index (κ3) is 5.63. The van der Waals surface area contributed by atoms with Crippen LogP contribution in [0.1, 0.15) is 16.7 Å². The first-order valence-electron chi connectivity index (χ1n) is 10.2. The molecular weight excluding hydrogens is 494 g/mol. The summed E-state index contributed by atoms with van der Waals surface area (Å²) in [6.45, 7) is 1.62. The minimum Gasteiger partial charge on any atom is -0.502 e. The zero-order chi connectivity index (χ0) is 25.0. The summed E-state index contributed by atoms with van der Waals surface area (Å²) in [6, 6.07) is 14.8. The van der Waals surface area contributed by atoms with E-state index in [9.17, 15) is 18.6 Å². The maximum atomic E-state index is 12.6. The molecule has 3 N–H and O–H groups in total. The van der Waals surface area contributed by atoms with Crippen molar-refractivity contribution in [3.05, 3.63) is 88.7 Å². The number of aliphatic hydroxyl groups excluding tert-OH is 2. The minimum absolute atomic E-state index is 0.107. The molecule has 0 aliphatic rings. The van der Waals surface area contributed by atoms with Gasteiger partial charge in [0.2, 0.25) is 10.0 Å². The number of nitrogens with zero attached hydrogens (tertiary/aromatic N) is 2. The van der Waals surface area contributed by atoms with Gasteiger partial charge < -0.3 is 15.5 Å². The van der Waals surface area contributed by atoms with Crippen LogP contribution in [-0.4, -0.2) is 42.0 Å². The second-order valence-electron chi connectivity index (χ2n) is 7.70. The number of hydrogen-bond donors (Lipinski definition) is 3. The van der Waals surface area contributed by atoms with E-state index < -0.39 is 10.0 Å². The molecule has 0 saturated heterocycles. The van der Waals surface area contributed by atoms with E-state index >= 15 is 0 Å². The standard InChI is InChI=1S/C24H24ClN3O4S2/c1-16-6-11-20(34(31,32)27(2)3)13-21(16)26-24(33)22(28-12-4-5-17(14-28)15-29)23(30)18-7-9-19(25)10-8-18/h4-14,29H,15H2,1-3H3,(H-,26,30,33)/p+1. The van der Waals surface area contributed by atoms with Gasteiger partial charge in [-0.15, -0.1) is 0 Å². The predicted octanol–water partition coefficient (Wildman–Crippen LogP) is 4.00. The second-order valence-corrected chi connectivity index (χ2v) is 10.7. The molecule has 0 fully saturated rings. The fourth-order valence-electron chi connectivity index (χ4n) is 3.14. The van der Waals surface area contributed by atoms with E-state index in [1.807, 2.05) is 6.92 Å². The SMILES string of the molecule is Cc1ccc(S(=O)(=O)N(C)C)cc1NC(=S)C(=C(O)c1ccc(Cl)cc1)[n+]1cccc(CO)c1. The highest BCUT2D eigenvalue weighted by Gasteiger charge is 2.25. The molecule has 10 heteroatoms. The molecule has 34 heavy (non-hydrogen) atoms. The van der Waals surface area contributed by atoms with Crippen molar-refractivity contribution in [1.29, 1.82) is 0 Å². The van der Waals surface area contributed by atoms with Crippen LogP contribution in [0.25, 0.3) is 11.5 Å². The van der Waals surface area contributed by atoms with Gasteiger partial charge in [-0.2, -0.15) is 4.57 Å². The lowest BCUT2D eigenvalue weighted by molar-refractivity contribution is -0.576. The average molecular weight is 519 g/mol. The van der Waals surface area contributed by atoms with Gasteiger partial charge in [-0.25, -0.2) is 12.7 Å². The maximum absolute atomic E-state index is 12.6. The lowest BCUT2D eigenvalue weighted by Gasteiger charge is -2.15. The molecule has 3 rings (SSSR count). The Morgan fingerprint density at radius 2 is 1.82 bits per heavy atom. The van der Waals surface area contributed by atoms with E-state index in [0.717, 1.165) is 9.87 Å². The Labute approximate surface area is 209 Å². The summed E-state index contributed by atoms with van der Waals surface area (Å²) in [6.07, 6.45) is 3.34. The highest BCUT2D eigenvalue weighted by molar-refractivity contribution is 7.89. The van der Waals surface area contributed by atoms with Crippen LogP contribution in [-0.2, 0) is 16.6 Å². The Morgan fingerprint density at radius 3 is 2.44 bits per heavy atom. The molecule has 0 spiro atoms. The molecule has 0 aliphatic heterocycles. The number of benzene rings is 2. The molecule has 0 unspecified atom stereocenters. The van der Waals surface area contributed by atoms with Crippen molar-refractivity contribution in [2.24, 2.45) is 0 Å². The van der Waals surface area contributed by atoms with E-state index in [2.05, 4.69) is 5.32 Å². The molecule has 2 aromatic carbocycles. The van der Waals surface area contributed by atoms with Crippen molar-refractivity contribution in [3.63, 3.8) is 0 Å². The number of nitrogens with one attached hydrogen (secondary N) is 1. The van der Waals surface area contributed by atoms with Crippen molar-refractivity contribution in [2.45, 2.75) is 18.4 Å². The van der Waals surface area contributed by atoms with Crippen molar-refractivity contribution in [3.8, 4) is 0 Å². The Bertz CT molecular complexity index is 1350. The summed E-state index contributed by atoms with van der Waals surface area (Å²) in [7, 11) is -0.732. The first-order valence-corrected chi connectivity index (χ1v) is 12.4. The highest BCUT2D eigenvalue weighted by atomic mass is 35.5. The van der Waals surface area contributed by atoms with E-state index in [-0.39, 0.29) is 27.9 Å². The molecular formula is C24H25ClN3O4S2+. The summed E-state index contributed by atoms with van der Waals surface area (Å²) in [5, 5.41) is 24.4. The number of sulfonamides is 1. The van der Waals surface area contributed by atoms with Crippen LogP contribution in [0.2, 0.25) is 5.02 Å². The van der Waals surface area contributed by atoms with E-state index in [4.69, 9.17) is 23.8 Å². The van der Waals surface area contributed by atoms with Gasteiger partial charge in [-0.3, -0.25) is 0 Å². The molecule has 7 nitrogen and oxygen atoms in total. The van der Waals surface area contributed by atoms with Crippen LogP contribution in [0.15, 0.2) is 71.9 Å². The van der Waals surface area contributed by atoms with Gasteiger partial charge in [0.05, 0.1) is 11.5 Å². The highest BCUT2D eigenvalue weighted by Crippen LogP contribution is 2.25. The van der Waals surface area contributed by atoms with Gasteiger partial charge in [0.25, 0.3) is 5.70 Å². The molecule has 1 aromatic heterocycles. The second kappa shape index (κ2) is 10.6. The molecule has 178 valence electrons. The van der Waals surface area contributed by atoms with E-state index in [1.54, 1.807) is 59.4 Å². The molecule has 0 aliphatic carbocycles. The monoisotopic (exact) mass is 518 g/mol. The number of rotatable bonds is 7. The van der Waals surface area contributed by atoms with E-state index in [0.29, 0.717) is 21.8 Å². The number of hydrogen-bond acceptors (Lipinski definition) is 5. The van der Waals surface area contributed by atoms with Crippen molar-refractivity contribution in [1.82, 2.24) is 4.31 Å². The first-order chi connectivity index (χ1) is 16.0. The van der Waals surface area contributed by atoms with Gasteiger partial charge in [0, 0.05) is 42.0 Å². The van der Waals surface area contributed by atoms with Gasteiger partial charge in [0.15, 0.2) is 23.1 Å². The first kappa shape index (κ1) is 25.8. The lowest BCUT2D eigenvalue weighted by atomic mass is 10.1. The summed E-state index contributed by atoms with van der Waals surface area (Å²) >= 11 is 11.7. The summed E-state index contributed by atoms with van der Waals surface area (Å²) in [4.78, 5) is 0.255.